The topological polar surface area (TPSA) is 79.6 Å². The Hall–Kier alpha value is -1.21. The van der Waals surface area contributed by atoms with Crippen LogP contribution in [-0.2, 0) is 0 Å². The van der Waals surface area contributed by atoms with E-state index < -0.39 is 0 Å². The number of piperidine rings is 1. The molecule has 2 saturated heterocycles. The van der Waals surface area contributed by atoms with Gasteiger partial charge in [0.25, 0.3) is 5.91 Å². The number of benzene rings is 1. The Labute approximate surface area is 151 Å². The van der Waals surface area contributed by atoms with Gasteiger partial charge in [0.2, 0.25) is 0 Å². The van der Waals surface area contributed by atoms with Crippen LogP contribution < -0.4 is 21.1 Å². The maximum absolute atomic E-state index is 12.7. The largest absolute Gasteiger partial charge is 0.494 e. The number of hydrogen-bond donors (Lipinski definition) is 3. The molecule has 132 valence electrons. The van der Waals surface area contributed by atoms with Crippen molar-refractivity contribution in [2.45, 2.75) is 31.0 Å². The number of anilines is 1. The van der Waals surface area contributed by atoms with Crippen LogP contribution in [0.1, 0.15) is 23.2 Å². The Balaban J connectivity index is 1.78. The van der Waals surface area contributed by atoms with Crippen LogP contribution >= 0.6 is 23.2 Å². The maximum atomic E-state index is 12.7. The molecule has 2 bridgehead atoms. The van der Waals surface area contributed by atoms with Crippen molar-refractivity contribution in [2.75, 3.05) is 33.0 Å². The zero-order valence-corrected chi connectivity index (χ0v) is 15.2. The summed E-state index contributed by atoms with van der Waals surface area (Å²) in [6.45, 7) is 1.89. The van der Waals surface area contributed by atoms with E-state index in [-0.39, 0.29) is 33.4 Å². The number of rotatable bonds is 3. The predicted molar refractivity (Wildman–Crippen MR) is 96.1 cm³/mol. The van der Waals surface area contributed by atoms with Crippen LogP contribution in [0.5, 0.6) is 5.75 Å². The van der Waals surface area contributed by atoms with E-state index in [1.165, 1.54) is 13.2 Å². The minimum absolute atomic E-state index is 0.116. The van der Waals surface area contributed by atoms with Crippen molar-refractivity contribution in [3.63, 3.8) is 0 Å². The number of nitrogens with two attached hydrogens (primary N) is 1. The van der Waals surface area contributed by atoms with Crippen LogP contribution in [-0.4, -0.2) is 56.2 Å². The van der Waals surface area contributed by atoms with Gasteiger partial charge in [0, 0.05) is 31.2 Å². The molecule has 1 amide bonds. The average Bonchev–Trinajstić information content (AvgIpc) is 2.53. The van der Waals surface area contributed by atoms with E-state index in [1.807, 2.05) is 0 Å². The predicted octanol–water partition coefficient (Wildman–Crippen LogP) is 1.75. The molecule has 8 heteroatoms. The molecule has 2 atom stereocenters. The van der Waals surface area contributed by atoms with E-state index in [4.69, 9.17) is 33.7 Å². The summed E-state index contributed by atoms with van der Waals surface area (Å²) in [5.41, 5.74) is 6.32. The number of amides is 1. The van der Waals surface area contributed by atoms with E-state index in [0.29, 0.717) is 17.6 Å². The fourth-order valence-corrected chi connectivity index (χ4v) is 4.15. The number of likely N-dealkylation sites (N-methyl/N-ethyl adjacent to an activating group) is 1. The maximum Gasteiger partial charge on any atom is 0.255 e. The minimum Gasteiger partial charge on any atom is -0.494 e. The van der Waals surface area contributed by atoms with Crippen LogP contribution in [0.25, 0.3) is 0 Å². The molecule has 2 aliphatic heterocycles. The van der Waals surface area contributed by atoms with Crippen molar-refractivity contribution in [1.29, 1.82) is 0 Å². The Bertz CT molecular complexity index is 641. The van der Waals surface area contributed by atoms with Crippen molar-refractivity contribution in [2.24, 2.45) is 0 Å². The number of nitrogen functional groups attached to an aromatic ring is 1. The second-order valence-corrected chi connectivity index (χ2v) is 7.23. The van der Waals surface area contributed by atoms with Crippen LogP contribution in [0.4, 0.5) is 5.69 Å². The molecule has 2 unspecified atom stereocenters. The lowest BCUT2D eigenvalue weighted by Crippen LogP contribution is -2.62. The van der Waals surface area contributed by atoms with Gasteiger partial charge in [-0.1, -0.05) is 23.2 Å². The first-order chi connectivity index (χ1) is 11.4. The number of fused-ring (bicyclic) bond motifs is 2. The number of hydrogen-bond acceptors (Lipinski definition) is 5. The van der Waals surface area contributed by atoms with Crippen LogP contribution in [0.15, 0.2) is 6.07 Å². The third-order valence-electron chi connectivity index (χ3n) is 5.02. The van der Waals surface area contributed by atoms with Crippen molar-refractivity contribution >= 4 is 34.8 Å². The number of carbonyl (C=O) groups excluding carboxylic acids is 1. The highest BCUT2D eigenvalue weighted by Crippen LogP contribution is 2.39. The molecule has 4 N–H and O–H groups in total. The molecule has 1 aromatic carbocycles. The summed E-state index contributed by atoms with van der Waals surface area (Å²) >= 11 is 12.2. The van der Waals surface area contributed by atoms with Gasteiger partial charge >= 0.3 is 0 Å². The smallest absolute Gasteiger partial charge is 0.255 e. The molecule has 2 fully saturated rings. The van der Waals surface area contributed by atoms with Crippen molar-refractivity contribution in [1.82, 2.24) is 15.5 Å². The van der Waals surface area contributed by atoms with Gasteiger partial charge in [0.15, 0.2) is 5.75 Å². The van der Waals surface area contributed by atoms with Crippen molar-refractivity contribution in [3.8, 4) is 5.75 Å². The lowest BCUT2D eigenvalue weighted by Gasteiger charge is -2.47. The molecule has 2 heterocycles. The summed E-state index contributed by atoms with van der Waals surface area (Å²) in [7, 11) is 3.60. The van der Waals surface area contributed by atoms with Crippen LogP contribution in [0.3, 0.4) is 0 Å². The SMILES string of the molecule is COc1c(C(=O)NC2CC3CNCC(C2)N3C)cc(Cl)c(N)c1Cl. The normalized spacial score (nSPS) is 26.9. The summed E-state index contributed by atoms with van der Waals surface area (Å²) in [4.78, 5) is 15.1. The molecule has 24 heavy (non-hydrogen) atoms. The first kappa shape index (κ1) is 17.6. The molecular weight excluding hydrogens is 351 g/mol. The standard InChI is InChI=1S/C16H22Cl2N4O2/c1-22-9-3-8(4-10(22)7-20-6-9)21-16(23)11-5-12(17)14(19)13(18)15(11)24-2/h5,8-10,20H,3-4,6-7,19H2,1-2H3,(H,21,23). The highest BCUT2D eigenvalue weighted by Gasteiger charge is 2.36. The number of methoxy groups -OCH3 is 1. The summed E-state index contributed by atoms with van der Waals surface area (Å²) in [5, 5.41) is 6.95. The number of halogens is 2. The van der Waals surface area contributed by atoms with Gasteiger partial charge in [0.1, 0.15) is 5.02 Å². The highest BCUT2D eigenvalue weighted by molar-refractivity contribution is 6.40. The quantitative estimate of drug-likeness (QED) is 0.704. The molecule has 0 saturated carbocycles. The molecular formula is C16H22Cl2N4O2. The fraction of sp³-hybridized carbons (Fsp3) is 0.562. The van der Waals surface area contributed by atoms with Gasteiger partial charge < -0.3 is 21.1 Å². The summed E-state index contributed by atoms with van der Waals surface area (Å²) < 4.78 is 5.26. The van der Waals surface area contributed by atoms with E-state index in [0.717, 1.165) is 25.9 Å². The number of nitrogens with one attached hydrogen (secondary N) is 2. The zero-order valence-electron chi connectivity index (χ0n) is 13.7. The molecule has 0 aliphatic carbocycles. The molecule has 3 rings (SSSR count). The van der Waals surface area contributed by atoms with Crippen molar-refractivity contribution < 1.29 is 9.53 Å². The van der Waals surface area contributed by atoms with Gasteiger partial charge in [-0.05, 0) is 26.0 Å². The lowest BCUT2D eigenvalue weighted by atomic mass is 9.89. The summed E-state index contributed by atoms with van der Waals surface area (Å²) in [6, 6.07) is 2.49. The van der Waals surface area contributed by atoms with Gasteiger partial charge in [-0.2, -0.15) is 0 Å². The average molecular weight is 373 g/mol. The molecule has 1 aromatic rings. The Morgan fingerprint density at radius 3 is 2.58 bits per heavy atom. The van der Waals surface area contributed by atoms with E-state index in [2.05, 4.69) is 22.6 Å². The van der Waals surface area contributed by atoms with Crippen molar-refractivity contribution in [3.05, 3.63) is 21.7 Å². The first-order valence-electron chi connectivity index (χ1n) is 7.97. The molecule has 0 aromatic heterocycles. The molecule has 6 nitrogen and oxygen atoms in total. The van der Waals surface area contributed by atoms with Gasteiger partial charge in [-0.25, -0.2) is 0 Å². The minimum atomic E-state index is -0.240. The first-order valence-corrected chi connectivity index (χ1v) is 8.73. The number of piperazine rings is 1. The highest BCUT2D eigenvalue weighted by atomic mass is 35.5. The Kier molecular flexibility index (Phi) is 5.11. The summed E-state index contributed by atoms with van der Waals surface area (Å²) in [6.07, 6.45) is 1.81. The molecule has 0 spiro atoms. The van der Waals surface area contributed by atoms with E-state index in [9.17, 15) is 4.79 Å². The number of carbonyl (C=O) groups is 1. The van der Waals surface area contributed by atoms with Crippen LogP contribution in [0, 0.1) is 0 Å². The molecule has 0 radical (unpaired) electrons. The molecule has 2 aliphatic rings. The number of ether oxygens (including phenoxy) is 1. The van der Waals surface area contributed by atoms with Crippen LogP contribution in [0.2, 0.25) is 10.0 Å². The fourth-order valence-electron chi connectivity index (χ4n) is 3.62. The van der Waals surface area contributed by atoms with Gasteiger partial charge in [-0.15, -0.1) is 0 Å². The second-order valence-electron chi connectivity index (χ2n) is 6.44. The van der Waals surface area contributed by atoms with Gasteiger partial charge in [0.05, 0.1) is 23.4 Å². The zero-order chi connectivity index (χ0) is 17.4. The van der Waals surface area contributed by atoms with E-state index >= 15 is 0 Å². The second kappa shape index (κ2) is 6.96. The Morgan fingerprint density at radius 1 is 1.38 bits per heavy atom. The summed E-state index contributed by atoms with van der Waals surface area (Å²) in [5.74, 6) is 0.0158. The van der Waals surface area contributed by atoms with E-state index in [1.54, 1.807) is 0 Å². The van der Waals surface area contributed by atoms with Gasteiger partial charge in [-0.3, -0.25) is 9.69 Å². The third-order valence-corrected chi connectivity index (χ3v) is 5.71. The third kappa shape index (κ3) is 3.16. The Morgan fingerprint density at radius 2 is 2.00 bits per heavy atom. The number of nitrogens with zero attached hydrogens (tertiary/aromatic N) is 1. The lowest BCUT2D eigenvalue weighted by molar-refractivity contribution is 0.0568. The monoisotopic (exact) mass is 372 g/mol.